The van der Waals surface area contributed by atoms with Crippen LogP contribution in [0.25, 0.3) is 20.8 Å². The second-order valence-corrected chi connectivity index (χ2v) is 8.83. The lowest BCUT2D eigenvalue weighted by Gasteiger charge is -2.12. The quantitative estimate of drug-likeness (QED) is 0.325. The average Bonchev–Trinajstić information content (AvgIpc) is 3.23. The van der Waals surface area contributed by atoms with Gasteiger partial charge in [-0.3, -0.25) is 4.79 Å². The van der Waals surface area contributed by atoms with Gasteiger partial charge in [-0.05, 0) is 54.3 Å². The van der Waals surface area contributed by atoms with Crippen molar-refractivity contribution in [1.29, 1.82) is 0 Å². The van der Waals surface area contributed by atoms with E-state index >= 15 is 0 Å². The molecule has 6 heteroatoms. The molecule has 0 saturated heterocycles. The summed E-state index contributed by atoms with van der Waals surface area (Å²) < 4.78 is 6.75. The van der Waals surface area contributed by atoms with E-state index in [0.29, 0.717) is 22.4 Å². The summed E-state index contributed by atoms with van der Waals surface area (Å²) in [5, 5.41) is 4.19. The molecule has 0 unspecified atom stereocenters. The van der Waals surface area contributed by atoms with Gasteiger partial charge in [0.1, 0.15) is 10.8 Å². The lowest BCUT2D eigenvalue weighted by atomic mass is 9.99. The number of aromatic nitrogens is 1. The number of halogens is 1. The highest BCUT2D eigenvalue weighted by molar-refractivity contribution is 7.21. The van der Waals surface area contributed by atoms with Gasteiger partial charge in [-0.1, -0.05) is 55.8 Å². The third-order valence-electron chi connectivity index (χ3n) is 5.21. The standard InChI is InChI=1S/C25H23ClN2O2S/c1-3-16(2)17-8-11-19(12-9-17)30-15-24(29)27-22-14-18(10-13-20(22)26)25-28-21-6-4-5-7-23(21)31-25/h4-14,16H,3,15H2,1-2H3,(H,27,29)/t16-/m1/s1. The first kappa shape index (κ1) is 21.3. The highest BCUT2D eigenvalue weighted by Gasteiger charge is 2.12. The van der Waals surface area contributed by atoms with Gasteiger partial charge >= 0.3 is 0 Å². The van der Waals surface area contributed by atoms with E-state index in [1.807, 2.05) is 60.7 Å². The van der Waals surface area contributed by atoms with E-state index in [2.05, 4.69) is 24.1 Å². The number of benzene rings is 3. The average molecular weight is 451 g/mol. The summed E-state index contributed by atoms with van der Waals surface area (Å²) in [7, 11) is 0. The topological polar surface area (TPSA) is 51.2 Å². The largest absolute Gasteiger partial charge is 0.484 e. The van der Waals surface area contributed by atoms with Crippen molar-refractivity contribution in [1.82, 2.24) is 4.98 Å². The fourth-order valence-electron chi connectivity index (χ4n) is 3.21. The Morgan fingerprint density at radius 3 is 2.65 bits per heavy atom. The van der Waals surface area contributed by atoms with E-state index in [4.69, 9.17) is 16.3 Å². The van der Waals surface area contributed by atoms with Crippen molar-refractivity contribution in [2.45, 2.75) is 26.2 Å². The number of nitrogens with one attached hydrogen (secondary N) is 1. The minimum absolute atomic E-state index is 0.0929. The number of thiazole rings is 1. The van der Waals surface area contributed by atoms with Gasteiger partial charge in [-0.25, -0.2) is 4.98 Å². The zero-order chi connectivity index (χ0) is 21.8. The number of amides is 1. The van der Waals surface area contributed by atoms with Crippen LogP contribution in [0.15, 0.2) is 66.7 Å². The van der Waals surface area contributed by atoms with Crippen LogP contribution in [-0.2, 0) is 4.79 Å². The molecule has 0 saturated carbocycles. The minimum atomic E-state index is -0.269. The molecule has 1 atom stereocenters. The predicted octanol–water partition coefficient (Wildman–Crippen LogP) is 7.15. The first-order valence-corrected chi connectivity index (χ1v) is 11.4. The van der Waals surface area contributed by atoms with Crippen LogP contribution in [0.3, 0.4) is 0 Å². The molecule has 1 amide bonds. The fraction of sp³-hybridized carbons (Fsp3) is 0.200. The number of ether oxygens (including phenoxy) is 1. The van der Waals surface area contributed by atoms with E-state index in [9.17, 15) is 4.79 Å². The van der Waals surface area contributed by atoms with Crippen LogP contribution in [-0.4, -0.2) is 17.5 Å². The summed E-state index contributed by atoms with van der Waals surface area (Å²) >= 11 is 7.92. The molecule has 4 rings (SSSR count). The number of fused-ring (bicyclic) bond motifs is 1. The normalized spacial score (nSPS) is 12.0. The number of anilines is 1. The second-order valence-electron chi connectivity index (χ2n) is 7.40. The molecule has 31 heavy (non-hydrogen) atoms. The number of hydrogen-bond donors (Lipinski definition) is 1. The van der Waals surface area contributed by atoms with Crippen molar-refractivity contribution in [3.63, 3.8) is 0 Å². The molecule has 0 radical (unpaired) electrons. The maximum absolute atomic E-state index is 12.4. The first-order valence-electron chi connectivity index (χ1n) is 10.2. The first-order chi connectivity index (χ1) is 15.0. The Balaban J connectivity index is 1.42. The predicted molar refractivity (Wildman–Crippen MR) is 129 cm³/mol. The number of rotatable bonds is 7. The number of carbonyl (C=O) groups excluding carboxylic acids is 1. The van der Waals surface area contributed by atoms with Crippen molar-refractivity contribution >= 4 is 44.7 Å². The number of hydrogen-bond acceptors (Lipinski definition) is 4. The van der Waals surface area contributed by atoms with E-state index in [1.165, 1.54) is 5.56 Å². The van der Waals surface area contributed by atoms with E-state index in [-0.39, 0.29) is 12.5 Å². The molecule has 1 N–H and O–H groups in total. The zero-order valence-electron chi connectivity index (χ0n) is 17.4. The molecule has 0 aliphatic rings. The monoisotopic (exact) mass is 450 g/mol. The Hall–Kier alpha value is -2.89. The van der Waals surface area contributed by atoms with Crippen molar-refractivity contribution in [2.24, 2.45) is 0 Å². The van der Waals surface area contributed by atoms with Gasteiger partial charge in [-0.2, -0.15) is 0 Å². The van der Waals surface area contributed by atoms with Crippen LogP contribution in [0.1, 0.15) is 31.7 Å². The van der Waals surface area contributed by atoms with Crippen molar-refractivity contribution in [3.05, 3.63) is 77.3 Å². The van der Waals surface area contributed by atoms with Gasteiger partial charge in [0.2, 0.25) is 0 Å². The molecule has 4 nitrogen and oxygen atoms in total. The number of carbonyl (C=O) groups is 1. The molecule has 0 fully saturated rings. The highest BCUT2D eigenvalue weighted by Crippen LogP contribution is 2.33. The summed E-state index contributed by atoms with van der Waals surface area (Å²) in [6.07, 6.45) is 1.08. The molecule has 4 aromatic rings. The Kier molecular flexibility index (Phi) is 6.54. The molecule has 0 bridgehead atoms. The lowest BCUT2D eigenvalue weighted by molar-refractivity contribution is -0.118. The van der Waals surface area contributed by atoms with Crippen molar-refractivity contribution in [3.8, 4) is 16.3 Å². The maximum Gasteiger partial charge on any atom is 0.262 e. The van der Waals surface area contributed by atoms with Crippen LogP contribution in [0.4, 0.5) is 5.69 Å². The Morgan fingerprint density at radius 2 is 1.90 bits per heavy atom. The van der Waals surface area contributed by atoms with Gasteiger partial charge < -0.3 is 10.1 Å². The Morgan fingerprint density at radius 1 is 1.13 bits per heavy atom. The van der Waals surface area contributed by atoms with Crippen LogP contribution >= 0.6 is 22.9 Å². The van der Waals surface area contributed by atoms with Crippen LogP contribution < -0.4 is 10.1 Å². The molecule has 0 spiro atoms. The Bertz CT molecular complexity index is 1170. The van der Waals surface area contributed by atoms with Crippen molar-refractivity contribution < 1.29 is 9.53 Å². The Labute approximate surface area is 190 Å². The van der Waals surface area contributed by atoms with Gasteiger partial charge in [0.25, 0.3) is 5.91 Å². The SMILES string of the molecule is CC[C@@H](C)c1ccc(OCC(=O)Nc2cc(-c3nc4ccccc4s3)ccc2Cl)cc1. The molecule has 1 aromatic heterocycles. The van der Waals surface area contributed by atoms with Crippen LogP contribution in [0.5, 0.6) is 5.75 Å². The smallest absolute Gasteiger partial charge is 0.262 e. The molecule has 3 aromatic carbocycles. The molecule has 158 valence electrons. The lowest BCUT2D eigenvalue weighted by Crippen LogP contribution is -2.20. The zero-order valence-corrected chi connectivity index (χ0v) is 19.0. The second kappa shape index (κ2) is 9.50. The van der Waals surface area contributed by atoms with Crippen LogP contribution in [0.2, 0.25) is 5.02 Å². The molecule has 1 heterocycles. The summed E-state index contributed by atoms with van der Waals surface area (Å²) in [5.41, 5.74) is 3.66. The third-order valence-corrected chi connectivity index (χ3v) is 6.63. The summed E-state index contributed by atoms with van der Waals surface area (Å²) in [6.45, 7) is 4.26. The van der Waals surface area contributed by atoms with Crippen molar-refractivity contribution in [2.75, 3.05) is 11.9 Å². The maximum atomic E-state index is 12.4. The number of nitrogens with zero attached hydrogens (tertiary/aromatic N) is 1. The van der Waals surface area contributed by atoms with Gasteiger partial charge in [0, 0.05) is 5.56 Å². The summed E-state index contributed by atoms with van der Waals surface area (Å²) in [5.74, 6) is 0.896. The van der Waals surface area contributed by atoms with Gasteiger partial charge in [0.15, 0.2) is 6.61 Å². The molecular weight excluding hydrogens is 428 g/mol. The van der Waals surface area contributed by atoms with E-state index < -0.39 is 0 Å². The molecular formula is C25H23ClN2O2S. The highest BCUT2D eigenvalue weighted by atomic mass is 35.5. The van der Waals surface area contributed by atoms with E-state index in [1.54, 1.807) is 17.4 Å². The summed E-state index contributed by atoms with van der Waals surface area (Å²) in [4.78, 5) is 17.1. The summed E-state index contributed by atoms with van der Waals surface area (Å²) in [6, 6.07) is 21.4. The molecule has 0 aliphatic carbocycles. The van der Waals surface area contributed by atoms with Gasteiger partial charge in [0.05, 0.1) is 20.9 Å². The minimum Gasteiger partial charge on any atom is -0.484 e. The molecule has 0 aliphatic heterocycles. The fourth-order valence-corrected chi connectivity index (χ4v) is 4.34. The third kappa shape index (κ3) is 5.06. The number of para-hydroxylation sites is 1. The van der Waals surface area contributed by atoms with Gasteiger partial charge in [-0.15, -0.1) is 11.3 Å². The van der Waals surface area contributed by atoms with E-state index in [0.717, 1.165) is 27.2 Å². The van der Waals surface area contributed by atoms with Crippen LogP contribution in [0, 0.1) is 0 Å².